The summed E-state index contributed by atoms with van der Waals surface area (Å²) in [6.45, 7) is 4.00. The Kier molecular flexibility index (Phi) is 3.49. The van der Waals surface area contributed by atoms with E-state index in [1.54, 1.807) is 0 Å². The van der Waals surface area contributed by atoms with E-state index in [9.17, 15) is 0 Å². The van der Waals surface area contributed by atoms with E-state index in [1.165, 1.54) is 71.0 Å². The minimum atomic E-state index is 0.793. The van der Waals surface area contributed by atoms with Crippen molar-refractivity contribution in [3.8, 4) is 0 Å². The van der Waals surface area contributed by atoms with Gasteiger partial charge in [-0.2, -0.15) is 0 Å². The molecule has 3 fully saturated rings. The van der Waals surface area contributed by atoms with Gasteiger partial charge in [-0.05, 0) is 51.0 Å². The Balaban J connectivity index is 1.48. The maximum absolute atomic E-state index is 3.75. The molecule has 2 heteroatoms. The number of hydrogen-bond donors (Lipinski definition) is 1. The van der Waals surface area contributed by atoms with E-state index in [2.05, 4.69) is 10.2 Å². The van der Waals surface area contributed by atoms with Crippen LogP contribution >= 0.6 is 0 Å². The van der Waals surface area contributed by atoms with Crippen molar-refractivity contribution in [3.05, 3.63) is 0 Å². The fourth-order valence-corrected chi connectivity index (χ4v) is 2.98. The summed E-state index contributed by atoms with van der Waals surface area (Å²) in [5, 5.41) is 3.75. The van der Waals surface area contributed by atoms with Crippen molar-refractivity contribution in [1.29, 1.82) is 0 Å². The zero-order valence-corrected chi connectivity index (χ0v) is 10.5. The number of hydrogen-bond acceptors (Lipinski definition) is 2. The summed E-state index contributed by atoms with van der Waals surface area (Å²) in [4.78, 5) is 2.81. The SMILES string of the molecule is C1CCNC(CN(CC2CC2)C2CC2)CC1. The van der Waals surface area contributed by atoms with Crippen molar-refractivity contribution in [2.24, 2.45) is 5.92 Å². The molecule has 1 atom stereocenters. The van der Waals surface area contributed by atoms with E-state index in [0.717, 1.165) is 18.0 Å². The van der Waals surface area contributed by atoms with Crippen molar-refractivity contribution >= 4 is 0 Å². The maximum atomic E-state index is 3.75. The van der Waals surface area contributed by atoms with Gasteiger partial charge in [-0.3, -0.25) is 4.90 Å². The highest BCUT2D eigenvalue weighted by molar-refractivity contribution is 4.90. The second-order valence-electron chi connectivity index (χ2n) is 6.13. The van der Waals surface area contributed by atoms with Gasteiger partial charge in [0.05, 0.1) is 0 Å². The lowest BCUT2D eigenvalue weighted by atomic mass is 10.1. The summed E-state index contributed by atoms with van der Waals surface area (Å²) in [7, 11) is 0. The largest absolute Gasteiger partial charge is 0.313 e. The molecule has 0 radical (unpaired) electrons. The normalized spacial score (nSPS) is 31.7. The highest BCUT2D eigenvalue weighted by Crippen LogP contribution is 2.35. The van der Waals surface area contributed by atoms with Crippen LogP contribution in [0.15, 0.2) is 0 Å². The van der Waals surface area contributed by atoms with E-state index in [-0.39, 0.29) is 0 Å². The molecule has 1 N–H and O–H groups in total. The molecule has 2 nitrogen and oxygen atoms in total. The molecule has 1 heterocycles. The first-order valence-corrected chi connectivity index (χ1v) is 7.39. The standard InChI is InChI=1S/C14H26N2/c1-2-4-13(15-9-3-1)11-16(14-7-8-14)10-12-5-6-12/h12-15H,1-11H2. The lowest BCUT2D eigenvalue weighted by Crippen LogP contribution is -2.42. The first kappa shape index (κ1) is 11.0. The highest BCUT2D eigenvalue weighted by atomic mass is 15.2. The summed E-state index contributed by atoms with van der Waals surface area (Å²) < 4.78 is 0. The van der Waals surface area contributed by atoms with Gasteiger partial charge >= 0.3 is 0 Å². The van der Waals surface area contributed by atoms with Gasteiger partial charge < -0.3 is 5.32 Å². The third-order valence-corrected chi connectivity index (χ3v) is 4.37. The monoisotopic (exact) mass is 222 g/mol. The van der Waals surface area contributed by atoms with E-state index in [1.807, 2.05) is 0 Å². The van der Waals surface area contributed by atoms with E-state index >= 15 is 0 Å². The Morgan fingerprint density at radius 1 is 0.875 bits per heavy atom. The molecule has 16 heavy (non-hydrogen) atoms. The van der Waals surface area contributed by atoms with Crippen molar-refractivity contribution < 1.29 is 0 Å². The van der Waals surface area contributed by atoms with Gasteiger partial charge in [-0.15, -0.1) is 0 Å². The van der Waals surface area contributed by atoms with Crippen LogP contribution in [0.2, 0.25) is 0 Å². The molecule has 0 bridgehead atoms. The minimum Gasteiger partial charge on any atom is -0.313 e. The van der Waals surface area contributed by atoms with Crippen LogP contribution < -0.4 is 5.32 Å². The predicted molar refractivity (Wildman–Crippen MR) is 67.6 cm³/mol. The van der Waals surface area contributed by atoms with E-state index < -0.39 is 0 Å². The summed E-state index contributed by atoms with van der Waals surface area (Å²) in [5.74, 6) is 1.06. The molecule has 1 aliphatic heterocycles. The molecule has 3 rings (SSSR count). The van der Waals surface area contributed by atoms with E-state index in [4.69, 9.17) is 0 Å². The summed E-state index contributed by atoms with van der Waals surface area (Å²) >= 11 is 0. The van der Waals surface area contributed by atoms with Gasteiger partial charge in [0.1, 0.15) is 0 Å². The van der Waals surface area contributed by atoms with Crippen LogP contribution in [0.5, 0.6) is 0 Å². The fourth-order valence-electron chi connectivity index (χ4n) is 2.98. The van der Waals surface area contributed by atoms with Crippen molar-refractivity contribution in [1.82, 2.24) is 10.2 Å². The Labute approximate surface area is 99.8 Å². The van der Waals surface area contributed by atoms with Gasteiger partial charge in [0, 0.05) is 25.2 Å². The maximum Gasteiger partial charge on any atom is 0.0195 e. The molecular formula is C14H26N2. The molecule has 2 aliphatic carbocycles. The van der Waals surface area contributed by atoms with Gasteiger partial charge in [0.15, 0.2) is 0 Å². The Morgan fingerprint density at radius 3 is 2.50 bits per heavy atom. The molecule has 92 valence electrons. The van der Waals surface area contributed by atoms with Crippen molar-refractivity contribution in [2.75, 3.05) is 19.6 Å². The topological polar surface area (TPSA) is 15.3 Å². The van der Waals surface area contributed by atoms with Crippen LogP contribution in [0, 0.1) is 5.92 Å². The predicted octanol–water partition coefficient (Wildman–Crippen LogP) is 2.39. The van der Waals surface area contributed by atoms with Crippen LogP contribution in [0.4, 0.5) is 0 Å². The third kappa shape index (κ3) is 3.21. The minimum absolute atomic E-state index is 0.793. The molecule has 1 saturated heterocycles. The molecular weight excluding hydrogens is 196 g/mol. The number of nitrogens with zero attached hydrogens (tertiary/aromatic N) is 1. The average Bonchev–Trinajstić information content (AvgIpc) is 3.15. The van der Waals surface area contributed by atoms with Gasteiger partial charge in [-0.25, -0.2) is 0 Å². The zero-order valence-electron chi connectivity index (χ0n) is 10.5. The molecule has 0 aromatic heterocycles. The smallest absolute Gasteiger partial charge is 0.0195 e. The molecule has 0 amide bonds. The van der Waals surface area contributed by atoms with Gasteiger partial charge in [-0.1, -0.05) is 12.8 Å². The fraction of sp³-hybridized carbons (Fsp3) is 1.00. The number of rotatable bonds is 5. The summed E-state index contributed by atoms with van der Waals surface area (Å²) in [6.07, 6.45) is 11.6. The van der Waals surface area contributed by atoms with Crippen LogP contribution in [0.3, 0.4) is 0 Å². The second kappa shape index (κ2) is 5.05. The van der Waals surface area contributed by atoms with Gasteiger partial charge in [0.25, 0.3) is 0 Å². The molecule has 3 aliphatic rings. The van der Waals surface area contributed by atoms with Crippen LogP contribution in [0.25, 0.3) is 0 Å². The summed E-state index contributed by atoms with van der Waals surface area (Å²) in [5.41, 5.74) is 0. The van der Waals surface area contributed by atoms with Crippen LogP contribution in [-0.2, 0) is 0 Å². The Hall–Kier alpha value is -0.0800. The zero-order chi connectivity index (χ0) is 10.8. The van der Waals surface area contributed by atoms with Crippen LogP contribution in [-0.4, -0.2) is 36.6 Å². The quantitative estimate of drug-likeness (QED) is 0.768. The lowest BCUT2D eigenvalue weighted by molar-refractivity contribution is 0.221. The highest BCUT2D eigenvalue weighted by Gasteiger charge is 2.34. The molecule has 0 spiro atoms. The number of nitrogens with one attached hydrogen (secondary N) is 1. The molecule has 1 unspecified atom stereocenters. The van der Waals surface area contributed by atoms with Crippen molar-refractivity contribution in [3.63, 3.8) is 0 Å². The van der Waals surface area contributed by atoms with Gasteiger partial charge in [0.2, 0.25) is 0 Å². The second-order valence-corrected chi connectivity index (χ2v) is 6.13. The van der Waals surface area contributed by atoms with E-state index in [0.29, 0.717) is 0 Å². The molecule has 0 aromatic rings. The first-order valence-electron chi connectivity index (χ1n) is 7.39. The van der Waals surface area contributed by atoms with Crippen LogP contribution in [0.1, 0.15) is 51.4 Å². The Bertz CT molecular complexity index is 213. The molecule has 0 aromatic carbocycles. The first-order chi connectivity index (χ1) is 7.92. The van der Waals surface area contributed by atoms with Crippen molar-refractivity contribution in [2.45, 2.75) is 63.5 Å². The lowest BCUT2D eigenvalue weighted by Gasteiger charge is -2.27. The average molecular weight is 222 g/mol. The molecule has 2 saturated carbocycles. The third-order valence-electron chi connectivity index (χ3n) is 4.37. The summed E-state index contributed by atoms with van der Waals surface area (Å²) in [6, 6.07) is 1.76. The Morgan fingerprint density at radius 2 is 1.75 bits per heavy atom.